The van der Waals surface area contributed by atoms with Crippen LogP contribution in [0.4, 0.5) is 0 Å². The van der Waals surface area contributed by atoms with Crippen molar-refractivity contribution < 1.29 is 19.8 Å². The number of aliphatic hydroxyl groups is 1. The Kier molecular flexibility index (Phi) is 4.26. The molecule has 0 aromatic carbocycles. The van der Waals surface area contributed by atoms with Crippen molar-refractivity contribution in [3.8, 4) is 0 Å². The maximum atomic E-state index is 11.3. The Morgan fingerprint density at radius 2 is 2.27 bits per heavy atom. The lowest BCUT2D eigenvalue weighted by molar-refractivity contribution is -0.146. The van der Waals surface area contributed by atoms with E-state index in [9.17, 15) is 9.59 Å². The van der Waals surface area contributed by atoms with Gasteiger partial charge in [-0.1, -0.05) is 6.07 Å². The van der Waals surface area contributed by atoms with E-state index in [1.54, 1.807) is 17.5 Å². The molecule has 1 heterocycles. The lowest BCUT2D eigenvalue weighted by atomic mass is 10.2. The largest absolute Gasteiger partial charge is 0.479 e. The van der Waals surface area contributed by atoms with E-state index in [1.165, 1.54) is 11.3 Å². The molecule has 5 nitrogen and oxygen atoms in total. The molecule has 1 amide bonds. The Morgan fingerprint density at radius 1 is 1.53 bits per heavy atom. The number of carbonyl (C=O) groups excluding carboxylic acids is 1. The molecule has 0 aliphatic heterocycles. The van der Waals surface area contributed by atoms with Crippen molar-refractivity contribution in [1.29, 1.82) is 0 Å². The van der Waals surface area contributed by atoms with Crippen LogP contribution in [0, 0.1) is 0 Å². The Balaban J connectivity index is 2.27. The second kappa shape index (κ2) is 5.47. The normalized spacial score (nSPS) is 12.1. The van der Waals surface area contributed by atoms with Crippen molar-refractivity contribution in [3.05, 3.63) is 22.4 Å². The summed E-state index contributed by atoms with van der Waals surface area (Å²) in [5, 5.41) is 21.6. The predicted octanol–water partition coefficient (Wildman–Crippen LogP) is 0.313. The minimum Gasteiger partial charge on any atom is -0.479 e. The molecule has 0 fully saturated rings. The van der Waals surface area contributed by atoms with E-state index in [1.807, 2.05) is 0 Å². The molecule has 1 unspecified atom stereocenters. The molecule has 1 aromatic heterocycles. The molecule has 1 aromatic rings. The molecular weight excluding hydrogens is 218 g/mol. The molecule has 6 heteroatoms. The van der Waals surface area contributed by atoms with Gasteiger partial charge in [0.05, 0.1) is 4.88 Å². The summed E-state index contributed by atoms with van der Waals surface area (Å²) in [4.78, 5) is 22.1. The van der Waals surface area contributed by atoms with Crippen molar-refractivity contribution in [2.75, 3.05) is 6.54 Å². The van der Waals surface area contributed by atoms with Gasteiger partial charge >= 0.3 is 5.97 Å². The van der Waals surface area contributed by atoms with E-state index in [4.69, 9.17) is 10.2 Å². The van der Waals surface area contributed by atoms with Gasteiger partial charge in [-0.25, -0.2) is 4.79 Å². The first-order valence-electron chi connectivity index (χ1n) is 4.34. The standard InChI is InChI=1S/C9H11NO4S/c11-6(9(13)14)3-4-10-8(12)7-2-1-5-15-7/h1-2,5-6,11H,3-4H2,(H,10,12)(H,13,14). The average molecular weight is 229 g/mol. The molecule has 3 N–H and O–H groups in total. The minimum atomic E-state index is -1.42. The van der Waals surface area contributed by atoms with Crippen molar-refractivity contribution in [2.24, 2.45) is 0 Å². The predicted molar refractivity (Wildman–Crippen MR) is 54.9 cm³/mol. The van der Waals surface area contributed by atoms with Gasteiger partial charge in [-0.2, -0.15) is 0 Å². The molecular formula is C9H11NO4S. The number of aliphatic carboxylic acids is 1. The maximum Gasteiger partial charge on any atom is 0.332 e. The monoisotopic (exact) mass is 229 g/mol. The van der Waals surface area contributed by atoms with Gasteiger partial charge in [-0.3, -0.25) is 4.79 Å². The van der Waals surface area contributed by atoms with E-state index in [0.717, 1.165) is 0 Å². The van der Waals surface area contributed by atoms with Gasteiger partial charge in [-0.15, -0.1) is 11.3 Å². The highest BCUT2D eigenvalue weighted by Crippen LogP contribution is 2.07. The Bertz CT molecular complexity index is 336. The zero-order valence-electron chi connectivity index (χ0n) is 7.84. The van der Waals surface area contributed by atoms with Crippen LogP contribution in [0.15, 0.2) is 17.5 Å². The van der Waals surface area contributed by atoms with Crippen molar-refractivity contribution in [1.82, 2.24) is 5.32 Å². The van der Waals surface area contributed by atoms with Gasteiger partial charge < -0.3 is 15.5 Å². The number of amides is 1. The first kappa shape index (κ1) is 11.7. The van der Waals surface area contributed by atoms with Gasteiger partial charge in [0.2, 0.25) is 0 Å². The second-order valence-electron chi connectivity index (χ2n) is 2.88. The Labute approximate surface area is 90.4 Å². The molecule has 0 radical (unpaired) electrons. The number of hydrogen-bond acceptors (Lipinski definition) is 4. The molecule has 0 saturated carbocycles. The maximum absolute atomic E-state index is 11.3. The summed E-state index contributed by atoms with van der Waals surface area (Å²) in [5.41, 5.74) is 0. The summed E-state index contributed by atoms with van der Waals surface area (Å²) >= 11 is 1.31. The third-order valence-corrected chi connectivity index (χ3v) is 2.60. The van der Waals surface area contributed by atoms with Gasteiger partial charge in [-0.05, 0) is 11.4 Å². The molecule has 0 spiro atoms. The van der Waals surface area contributed by atoms with Crippen LogP contribution in [0.2, 0.25) is 0 Å². The number of carboxylic acid groups (broad SMARTS) is 1. The van der Waals surface area contributed by atoms with Crippen LogP contribution >= 0.6 is 11.3 Å². The summed E-state index contributed by atoms with van der Waals surface area (Å²) in [5.74, 6) is -1.53. The molecule has 0 saturated heterocycles. The van der Waals surface area contributed by atoms with E-state index in [0.29, 0.717) is 4.88 Å². The zero-order chi connectivity index (χ0) is 11.3. The third kappa shape index (κ3) is 3.69. The number of aliphatic hydroxyl groups excluding tert-OH is 1. The molecule has 0 bridgehead atoms. The summed E-state index contributed by atoms with van der Waals surface area (Å²) in [7, 11) is 0. The van der Waals surface area contributed by atoms with Crippen LogP contribution < -0.4 is 5.32 Å². The molecule has 0 aliphatic rings. The van der Waals surface area contributed by atoms with Crippen LogP contribution in [-0.2, 0) is 4.79 Å². The summed E-state index contributed by atoms with van der Waals surface area (Å²) in [6.07, 6.45) is -1.42. The lowest BCUT2D eigenvalue weighted by Gasteiger charge is -2.05. The average Bonchev–Trinajstić information content (AvgIpc) is 2.70. The van der Waals surface area contributed by atoms with Crippen LogP contribution in [0.1, 0.15) is 16.1 Å². The highest BCUT2D eigenvalue weighted by Gasteiger charge is 2.13. The van der Waals surface area contributed by atoms with Crippen molar-refractivity contribution in [2.45, 2.75) is 12.5 Å². The highest BCUT2D eigenvalue weighted by atomic mass is 32.1. The first-order chi connectivity index (χ1) is 7.11. The Morgan fingerprint density at radius 3 is 2.80 bits per heavy atom. The van der Waals surface area contributed by atoms with Crippen molar-refractivity contribution >= 4 is 23.2 Å². The molecule has 15 heavy (non-hydrogen) atoms. The number of carboxylic acids is 1. The number of carbonyl (C=O) groups is 2. The van der Waals surface area contributed by atoms with Crippen LogP contribution in [0.3, 0.4) is 0 Å². The van der Waals surface area contributed by atoms with Gasteiger partial charge in [0, 0.05) is 13.0 Å². The van der Waals surface area contributed by atoms with Gasteiger partial charge in [0.1, 0.15) is 0 Å². The quantitative estimate of drug-likeness (QED) is 0.678. The van der Waals surface area contributed by atoms with E-state index < -0.39 is 12.1 Å². The fraction of sp³-hybridized carbons (Fsp3) is 0.333. The third-order valence-electron chi connectivity index (χ3n) is 1.73. The smallest absolute Gasteiger partial charge is 0.332 e. The van der Waals surface area contributed by atoms with E-state index >= 15 is 0 Å². The SMILES string of the molecule is O=C(NCCC(O)C(=O)O)c1cccs1. The van der Waals surface area contributed by atoms with E-state index in [-0.39, 0.29) is 18.9 Å². The van der Waals surface area contributed by atoms with Crippen LogP contribution in [0.5, 0.6) is 0 Å². The Hall–Kier alpha value is -1.40. The number of rotatable bonds is 5. The van der Waals surface area contributed by atoms with Crippen molar-refractivity contribution in [3.63, 3.8) is 0 Å². The fourth-order valence-electron chi connectivity index (χ4n) is 0.941. The molecule has 1 rings (SSSR count). The lowest BCUT2D eigenvalue weighted by Crippen LogP contribution is -2.29. The van der Waals surface area contributed by atoms with Gasteiger partial charge in [0.25, 0.3) is 5.91 Å². The summed E-state index contributed by atoms with van der Waals surface area (Å²) in [6, 6.07) is 3.43. The second-order valence-corrected chi connectivity index (χ2v) is 3.82. The number of thiophene rings is 1. The molecule has 0 aliphatic carbocycles. The number of nitrogens with one attached hydrogen (secondary N) is 1. The fourth-order valence-corrected chi connectivity index (χ4v) is 1.58. The van der Waals surface area contributed by atoms with Gasteiger partial charge in [0.15, 0.2) is 6.10 Å². The highest BCUT2D eigenvalue weighted by molar-refractivity contribution is 7.12. The number of hydrogen-bond donors (Lipinski definition) is 3. The van der Waals surface area contributed by atoms with Crippen LogP contribution in [0.25, 0.3) is 0 Å². The summed E-state index contributed by atoms with van der Waals surface area (Å²) in [6.45, 7) is 0.143. The summed E-state index contributed by atoms with van der Waals surface area (Å²) < 4.78 is 0. The van der Waals surface area contributed by atoms with Crippen LogP contribution in [-0.4, -0.2) is 34.7 Å². The molecule has 82 valence electrons. The van der Waals surface area contributed by atoms with E-state index in [2.05, 4.69) is 5.32 Å². The minimum absolute atomic E-state index is 0.00640. The zero-order valence-corrected chi connectivity index (χ0v) is 8.66. The first-order valence-corrected chi connectivity index (χ1v) is 5.22. The molecule has 1 atom stereocenters. The topological polar surface area (TPSA) is 86.6 Å².